The molecule has 0 aromatic heterocycles. The predicted molar refractivity (Wildman–Crippen MR) is 63.6 cm³/mol. The first-order valence-electron chi connectivity index (χ1n) is 6.13. The van der Waals surface area contributed by atoms with Crippen molar-refractivity contribution in [2.75, 3.05) is 6.54 Å². The minimum absolute atomic E-state index is 0.250. The highest BCUT2D eigenvalue weighted by molar-refractivity contribution is 5.74. The molecule has 0 heterocycles. The molecular formula is C13H25NO. The number of rotatable bonds is 4. The highest BCUT2D eigenvalue weighted by Crippen LogP contribution is 2.33. The Morgan fingerprint density at radius 3 is 2.20 bits per heavy atom. The Balaban J connectivity index is 2.59. The maximum absolute atomic E-state index is 11.5. The Labute approximate surface area is 94.0 Å². The summed E-state index contributed by atoms with van der Waals surface area (Å²) in [6, 6.07) is 0.555. The quantitative estimate of drug-likeness (QED) is 0.700. The molecule has 1 saturated carbocycles. The fraction of sp³-hybridized carbons (Fsp3) is 0.923. The summed E-state index contributed by atoms with van der Waals surface area (Å²) in [5.41, 5.74) is 0.303. The Kier molecular flexibility index (Phi) is 3.80. The monoisotopic (exact) mass is 211 g/mol. The van der Waals surface area contributed by atoms with Gasteiger partial charge >= 0.3 is 0 Å². The number of nitrogens with zero attached hydrogens (tertiary/aromatic N) is 1. The summed E-state index contributed by atoms with van der Waals surface area (Å²) in [6.07, 6.45) is 3.57. The second-order valence-electron chi connectivity index (χ2n) is 5.87. The van der Waals surface area contributed by atoms with E-state index in [1.54, 1.807) is 6.92 Å². The lowest BCUT2D eigenvalue weighted by Gasteiger charge is -2.34. The molecule has 2 heteroatoms. The van der Waals surface area contributed by atoms with E-state index in [1.165, 1.54) is 12.8 Å². The summed E-state index contributed by atoms with van der Waals surface area (Å²) in [6.45, 7) is 11.7. The van der Waals surface area contributed by atoms with Gasteiger partial charge < -0.3 is 4.90 Å². The van der Waals surface area contributed by atoms with Crippen LogP contribution in [0.15, 0.2) is 0 Å². The standard InChI is InChI=1S/C13H25NO/c1-6-11(13(3,4)5)9-14(10(2)15)12-7-8-12/h11-12H,6-9H2,1-5H3/t11-/m0/s1. The minimum Gasteiger partial charge on any atom is -0.340 e. The number of carbonyl (C=O) groups is 1. The second kappa shape index (κ2) is 4.54. The molecule has 0 spiro atoms. The van der Waals surface area contributed by atoms with Gasteiger partial charge in [-0.1, -0.05) is 34.1 Å². The number of hydrogen-bond donors (Lipinski definition) is 0. The molecule has 1 atom stereocenters. The summed E-state index contributed by atoms with van der Waals surface area (Å²) < 4.78 is 0. The number of carbonyl (C=O) groups excluding carboxylic acids is 1. The van der Waals surface area contributed by atoms with Gasteiger partial charge in [-0.2, -0.15) is 0 Å². The zero-order chi connectivity index (χ0) is 11.6. The molecule has 0 radical (unpaired) electrons. The molecule has 0 saturated heterocycles. The van der Waals surface area contributed by atoms with Gasteiger partial charge in [0.25, 0.3) is 0 Å². The van der Waals surface area contributed by atoms with Crippen LogP contribution in [-0.2, 0) is 4.79 Å². The number of hydrogen-bond acceptors (Lipinski definition) is 1. The predicted octanol–water partition coefficient (Wildman–Crippen LogP) is 3.07. The smallest absolute Gasteiger partial charge is 0.219 e. The molecule has 1 aliphatic carbocycles. The van der Waals surface area contributed by atoms with Crippen molar-refractivity contribution in [3.63, 3.8) is 0 Å². The van der Waals surface area contributed by atoms with Crippen molar-refractivity contribution in [1.29, 1.82) is 0 Å². The van der Waals surface area contributed by atoms with Gasteiger partial charge in [-0.15, -0.1) is 0 Å². The van der Waals surface area contributed by atoms with E-state index in [0.29, 0.717) is 17.4 Å². The van der Waals surface area contributed by atoms with Crippen LogP contribution >= 0.6 is 0 Å². The molecule has 0 aliphatic heterocycles. The van der Waals surface area contributed by atoms with Crippen molar-refractivity contribution < 1.29 is 4.79 Å². The minimum atomic E-state index is 0.250. The molecule has 1 amide bonds. The first-order chi connectivity index (χ1) is 6.86. The van der Waals surface area contributed by atoms with Gasteiger partial charge in [0, 0.05) is 19.5 Å². The molecule has 0 N–H and O–H groups in total. The van der Waals surface area contributed by atoms with E-state index >= 15 is 0 Å². The summed E-state index contributed by atoms with van der Waals surface area (Å²) in [4.78, 5) is 13.6. The van der Waals surface area contributed by atoms with Gasteiger partial charge in [0.15, 0.2) is 0 Å². The van der Waals surface area contributed by atoms with Crippen LogP contribution in [0.25, 0.3) is 0 Å². The summed E-state index contributed by atoms with van der Waals surface area (Å²) in [5.74, 6) is 0.863. The topological polar surface area (TPSA) is 20.3 Å². The maximum Gasteiger partial charge on any atom is 0.219 e. The largest absolute Gasteiger partial charge is 0.340 e. The average molecular weight is 211 g/mol. The Bertz CT molecular complexity index is 225. The van der Waals surface area contributed by atoms with Gasteiger partial charge in [0.1, 0.15) is 0 Å². The van der Waals surface area contributed by atoms with Crippen LogP contribution in [0.5, 0.6) is 0 Å². The first-order valence-corrected chi connectivity index (χ1v) is 6.13. The highest BCUT2D eigenvalue weighted by Gasteiger charge is 2.34. The van der Waals surface area contributed by atoms with Crippen LogP contribution in [-0.4, -0.2) is 23.4 Å². The van der Waals surface area contributed by atoms with E-state index < -0.39 is 0 Å². The van der Waals surface area contributed by atoms with E-state index in [0.717, 1.165) is 13.0 Å². The van der Waals surface area contributed by atoms with Gasteiger partial charge in [0.2, 0.25) is 5.91 Å². The molecule has 0 bridgehead atoms. The number of amides is 1. The zero-order valence-corrected chi connectivity index (χ0v) is 10.8. The van der Waals surface area contributed by atoms with Crippen LogP contribution in [0.4, 0.5) is 0 Å². The lowest BCUT2D eigenvalue weighted by atomic mass is 9.79. The van der Waals surface area contributed by atoms with E-state index in [-0.39, 0.29) is 5.91 Å². The maximum atomic E-state index is 11.5. The van der Waals surface area contributed by atoms with Crippen LogP contribution < -0.4 is 0 Å². The Hall–Kier alpha value is -0.530. The molecule has 1 aliphatic rings. The van der Waals surface area contributed by atoms with Gasteiger partial charge in [-0.25, -0.2) is 0 Å². The molecule has 0 aromatic carbocycles. The lowest BCUT2D eigenvalue weighted by Crippen LogP contribution is -2.39. The first kappa shape index (κ1) is 12.5. The van der Waals surface area contributed by atoms with Crippen molar-refractivity contribution in [3.8, 4) is 0 Å². The zero-order valence-electron chi connectivity index (χ0n) is 10.8. The summed E-state index contributed by atoms with van der Waals surface area (Å²) in [5, 5.41) is 0. The fourth-order valence-corrected chi connectivity index (χ4v) is 2.17. The van der Waals surface area contributed by atoms with Gasteiger partial charge in [-0.05, 0) is 24.2 Å². The summed E-state index contributed by atoms with van der Waals surface area (Å²) in [7, 11) is 0. The third-order valence-corrected chi connectivity index (χ3v) is 3.53. The molecule has 1 rings (SSSR count). The molecule has 15 heavy (non-hydrogen) atoms. The fourth-order valence-electron chi connectivity index (χ4n) is 2.17. The third kappa shape index (κ3) is 3.51. The molecular weight excluding hydrogens is 186 g/mol. The van der Waals surface area contributed by atoms with Crippen LogP contribution in [0.2, 0.25) is 0 Å². The molecule has 0 aromatic rings. The second-order valence-corrected chi connectivity index (χ2v) is 5.87. The van der Waals surface area contributed by atoms with Crippen LogP contribution in [0.3, 0.4) is 0 Å². The van der Waals surface area contributed by atoms with Crippen molar-refractivity contribution in [2.45, 2.75) is 59.9 Å². The molecule has 0 unspecified atom stereocenters. The highest BCUT2D eigenvalue weighted by atomic mass is 16.2. The Morgan fingerprint density at radius 2 is 1.93 bits per heavy atom. The lowest BCUT2D eigenvalue weighted by molar-refractivity contribution is -0.130. The molecule has 88 valence electrons. The SMILES string of the molecule is CC[C@@H](CN(C(C)=O)C1CC1)C(C)(C)C. The normalized spacial score (nSPS) is 18.7. The average Bonchev–Trinajstić information content (AvgIpc) is 2.86. The van der Waals surface area contributed by atoms with Gasteiger partial charge in [-0.3, -0.25) is 4.79 Å². The van der Waals surface area contributed by atoms with E-state index in [9.17, 15) is 4.79 Å². The van der Waals surface area contributed by atoms with Crippen molar-refractivity contribution >= 4 is 5.91 Å². The van der Waals surface area contributed by atoms with Crippen molar-refractivity contribution in [2.24, 2.45) is 11.3 Å². The van der Waals surface area contributed by atoms with Crippen LogP contribution in [0, 0.1) is 11.3 Å². The van der Waals surface area contributed by atoms with E-state index in [2.05, 4.69) is 32.6 Å². The Morgan fingerprint density at radius 1 is 1.40 bits per heavy atom. The van der Waals surface area contributed by atoms with Gasteiger partial charge in [0.05, 0.1) is 0 Å². The van der Waals surface area contributed by atoms with Crippen molar-refractivity contribution in [1.82, 2.24) is 4.90 Å². The molecule has 2 nitrogen and oxygen atoms in total. The summed E-state index contributed by atoms with van der Waals surface area (Å²) >= 11 is 0. The van der Waals surface area contributed by atoms with Crippen LogP contribution in [0.1, 0.15) is 53.9 Å². The van der Waals surface area contributed by atoms with E-state index in [4.69, 9.17) is 0 Å². The third-order valence-electron chi connectivity index (χ3n) is 3.53. The molecule has 1 fully saturated rings. The van der Waals surface area contributed by atoms with E-state index in [1.807, 2.05) is 0 Å². The van der Waals surface area contributed by atoms with Crippen molar-refractivity contribution in [3.05, 3.63) is 0 Å².